The molecule has 15 heteroatoms. The molecule has 2 aliphatic rings. The second kappa shape index (κ2) is 11.6. The molecule has 2 N–H and O–H groups in total. The number of pyridine rings is 1. The Labute approximate surface area is 236 Å². The SMILES string of the molecule is COc1ccc2c(n1)[nH]c(=O)n2C1CCN(C(=O)N[C@@H]2CC[C@@H](c3cccc(F)c3F)CN(CC(F)(F)F)C2=O)CC1. The standard InChI is InChI=1S/C27H29F5N6O4/c1-42-21-8-7-20-23(34-21)35-26(41)38(20)16-9-11-36(12-10-16)25(40)33-19-6-5-15(17-3-2-4-18(28)22(17)29)13-37(24(19)39)14-27(30,31)32/h2-4,7-8,15-16,19H,5-6,9-14H2,1H3,(H,33,40)(H,34,35,41)/t15-,19-/m1/s1. The topological polar surface area (TPSA) is 113 Å². The minimum absolute atomic E-state index is 0.0514. The maximum atomic E-state index is 14.5. The lowest BCUT2D eigenvalue weighted by atomic mass is 9.93. The van der Waals surface area contributed by atoms with Gasteiger partial charge in [-0.05, 0) is 43.4 Å². The molecule has 0 bridgehead atoms. The number of urea groups is 1. The van der Waals surface area contributed by atoms with Crippen molar-refractivity contribution in [3.63, 3.8) is 0 Å². The Hall–Kier alpha value is -4.17. The van der Waals surface area contributed by atoms with Crippen molar-refractivity contribution in [3.8, 4) is 5.88 Å². The molecular formula is C27H29F5N6O4. The van der Waals surface area contributed by atoms with Crippen molar-refractivity contribution in [1.82, 2.24) is 29.7 Å². The molecule has 10 nitrogen and oxygen atoms in total. The summed E-state index contributed by atoms with van der Waals surface area (Å²) in [6.45, 7) is -1.61. The molecule has 2 aromatic heterocycles. The number of aromatic nitrogens is 3. The second-order valence-electron chi connectivity index (χ2n) is 10.5. The zero-order chi connectivity index (χ0) is 30.2. The van der Waals surface area contributed by atoms with Crippen LogP contribution in [0.5, 0.6) is 5.88 Å². The number of halogens is 5. The van der Waals surface area contributed by atoms with Gasteiger partial charge in [0.1, 0.15) is 12.6 Å². The average molecular weight is 597 g/mol. The molecule has 2 aliphatic heterocycles. The Kier molecular flexibility index (Phi) is 8.10. The summed E-state index contributed by atoms with van der Waals surface area (Å²) < 4.78 is 75.1. The predicted molar refractivity (Wildman–Crippen MR) is 140 cm³/mol. The third-order valence-corrected chi connectivity index (χ3v) is 7.82. The van der Waals surface area contributed by atoms with E-state index in [0.29, 0.717) is 34.8 Å². The van der Waals surface area contributed by atoms with Crippen molar-refractivity contribution in [2.75, 3.05) is 33.3 Å². The number of likely N-dealkylation sites (tertiary alicyclic amines) is 2. The number of ether oxygens (including phenoxy) is 1. The number of imidazole rings is 1. The molecule has 0 aliphatic carbocycles. The fourth-order valence-corrected chi connectivity index (χ4v) is 5.78. The largest absolute Gasteiger partial charge is 0.481 e. The van der Waals surface area contributed by atoms with Crippen molar-refractivity contribution < 1.29 is 36.3 Å². The number of aromatic amines is 1. The number of rotatable bonds is 5. The Bertz CT molecular complexity index is 1530. The lowest BCUT2D eigenvalue weighted by Crippen LogP contribution is -2.54. The quantitative estimate of drug-likeness (QED) is 0.437. The third-order valence-electron chi connectivity index (χ3n) is 7.82. The van der Waals surface area contributed by atoms with Gasteiger partial charge in [-0.15, -0.1) is 0 Å². The summed E-state index contributed by atoms with van der Waals surface area (Å²) in [5.74, 6) is -3.80. The Balaban J connectivity index is 1.27. The molecule has 1 aromatic carbocycles. The van der Waals surface area contributed by atoms with Crippen LogP contribution >= 0.6 is 0 Å². The first-order valence-electron chi connectivity index (χ1n) is 13.4. The molecule has 2 atom stereocenters. The normalized spacial score (nSPS) is 20.6. The fraction of sp³-hybridized carbons (Fsp3) is 0.481. The number of carbonyl (C=O) groups excluding carboxylic acids is 2. The van der Waals surface area contributed by atoms with Gasteiger partial charge in [0, 0.05) is 37.7 Å². The number of amides is 3. The second-order valence-corrected chi connectivity index (χ2v) is 10.5. The monoisotopic (exact) mass is 596 g/mol. The maximum Gasteiger partial charge on any atom is 0.406 e. The number of H-pyrrole nitrogens is 1. The van der Waals surface area contributed by atoms with Gasteiger partial charge >= 0.3 is 17.9 Å². The van der Waals surface area contributed by atoms with E-state index in [9.17, 15) is 36.3 Å². The van der Waals surface area contributed by atoms with E-state index < -0.39 is 54.8 Å². The molecular weight excluding hydrogens is 567 g/mol. The summed E-state index contributed by atoms with van der Waals surface area (Å²) in [7, 11) is 1.46. The lowest BCUT2D eigenvalue weighted by Gasteiger charge is -2.34. The van der Waals surface area contributed by atoms with E-state index in [4.69, 9.17) is 4.74 Å². The Morgan fingerprint density at radius 1 is 1.10 bits per heavy atom. The molecule has 2 saturated heterocycles. The van der Waals surface area contributed by atoms with Crippen molar-refractivity contribution in [3.05, 3.63) is 58.0 Å². The van der Waals surface area contributed by atoms with Crippen molar-refractivity contribution in [2.45, 2.75) is 49.9 Å². The highest BCUT2D eigenvalue weighted by molar-refractivity contribution is 5.87. The smallest absolute Gasteiger partial charge is 0.406 e. The third kappa shape index (κ3) is 6.04. The zero-order valence-electron chi connectivity index (χ0n) is 22.6. The fourth-order valence-electron chi connectivity index (χ4n) is 5.78. The highest BCUT2D eigenvalue weighted by atomic mass is 19.4. The van der Waals surface area contributed by atoms with Crippen LogP contribution < -0.4 is 15.7 Å². The maximum absolute atomic E-state index is 14.5. The minimum Gasteiger partial charge on any atom is -0.481 e. The number of hydrogen-bond acceptors (Lipinski definition) is 5. The summed E-state index contributed by atoms with van der Waals surface area (Å²) in [6.07, 6.45) is -3.92. The highest BCUT2D eigenvalue weighted by Gasteiger charge is 2.40. The first-order chi connectivity index (χ1) is 19.9. The van der Waals surface area contributed by atoms with E-state index in [1.165, 1.54) is 24.1 Å². The van der Waals surface area contributed by atoms with Crippen LogP contribution in [0.4, 0.5) is 26.7 Å². The zero-order valence-corrected chi connectivity index (χ0v) is 22.6. The summed E-state index contributed by atoms with van der Waals surface area (Å²) in [5, 5.41) is 2.56. The molecule has 3 amide bonds. The summed E-state index contributed by atoms with van der Waals surface area (Å²) >= 11 is 0. The van der Waals surface area contributed by atoms with E-state index in [0.717, 1.165) is 6.07 Å². The van der Waals surface area contributed by atoms with Gasteiger partial charge in [0.15, 0.2) is 17.3 Å². The van der Waals surface area contributed by atoms with Crippen molar-refractivity contribution >= 4 is 23.1 Å². The molecule has 226 valence electrons. The van der Waals surface area contributed by atoms with Gasteiger partial charge in [-0.3, -0.25) is 14.3 Å². The van der Waals surface area contributed by atoms with Crippen LogP contribution in [0.1, 0.15) is 43.2 Å². The first-order valence-corrected chi connectivity index (χ1v) is 13.4. The number of hydrogen-bond donors (Lipinski definition) is 2. The van der Waals surface area contributed by atoms with Gasteiger partial charge < -0.3 is 19.9 Å². The summed E-state index contributed by atoms with van der Waals surface area (Å²) in [5.41, 5.74) is 0.477. The molecule has 0 saturated carbocycles. The molecule has 0 unspecified atom stereocenters. The number of nitrogens with zero attached hydrogens (tertiary/aromatic N) is 4. The number of alkyl halides is 3. The van der Waals surface area contributed by atoms with Gasteiger partial charge in [0.05, 0.1) is 12.6 Å². The van der Waals surface area contributed by atoms with Gasteiger partial charge in [-0.25, -0.2) is 18.4 Å². The van der Waals surface area contributed by atoms with Gasteiger partial charge in [0.25, 0.3) is 0 Å². The van der Waals surface area contributed by atoms with Gasteiger partial charge in [-0.1, -0.05) is 12.1 Å². The molecule has 2 fully saturated rings. The Morgan fingerprint density at radius 3 is 2.52 bits per heavy atom. The number of fused-ring (bicyclic) bond motifs is 1. The van der Waals surface area contributed by atoms with Crippen molar-refractivity contribution in [2.24, 2.45) is 0 Å². The van der Waals surface area contributed by atoms with E-state index in [1.54, 1.807) is 16.7 Å². The molecule has 0 radical (unpaired) electrons. The van der Waals surface area contributed by atoms with E-state index in [1.807, 2.05) is 0 Å². The minimum atomic E-state index is -4.73. The molecule has 42 heavy (non-hydrogen) atoms. The predicted octanol–water partition coefficient (Wildman–Crippen LogP) is 3.70. The number of piperidine rings is 1. The first kappa shape index (κ1) is 29.3. The van der Waals surface area contributed by atoms with Crippen LogP contribution in [0.15, 0.2) is 35.1 Å². The van der Waals surface area contributed by atoms with Gasteiger partial charge in [-0.2, -0.15) is 18.2 Å². The number of nitrogens with one attached hydrogen (secondary N) is 2. The van der Waals surface area contributed by atoms with E-state index in [2.05, 4.69) is 15.3 Å². The number of carbonyl (C=O) groups is 2. The molecule has 3 aromatic rings. The van der Waals surface area contributed by atoms with Crippen LogP contribution in [-0.2, 0) is 4.79 Å². The lowest BCUT2D eigenvalue weighted by molar-refractivity contribution is -0.162. The van der Waals surface area contributed by atoms with Crippen LogP contribution in [0.2, 0.25) is 0 Å². The average Bonchev–Trinajstić information content (AvgIpc) is 3.21. The van der Waals surface area contributed by atoms with Crippen molar-refractivity contribution in [1.29, 1.82) is 0 Å². The van der Waals surface area contributed by atoms with Gasteiger partial charge in [0.2, 0.25) is 11.8 Å². The molecule has 4 heterocycles. The molecule has 0 spiro atoms. The van der Waals surface area contributed by atoms with Crippen LogP contribution in [0.25, 0.3) is 11.2 Å². The molecule has 5 rings (SSSR count). The van der Waals surface area contributed by atoms with E-state index >= 15 is 0 Å². The number of benzene rings is 1. The summed E-state index contributed by atoms with van der Waals surface area (Å²) in [4.78, 5) is 47.8. The number of methoxy groups -OCH3 is 1. The van der Waals surface area contributed by atoms with Crippen LogP contribution in [-0.4, -0.2) is 81.8 Å². The van der Waals surface area contributed by atoms with Crippen LogP contribution in [0.3, 0.4) is 0 Å². The Morgan fingerprint density at radius 2 is 1.83 bits per heavy atom. The highest BCUT2D eigenvalue weighted by Crippen LogP contribution is 2.32. The summed E-state index contributed by atoms with van der Waals surface area (Å²) in [6, 6.07) is 4.64. The van der Waals surface area contributed by atoms with Crippen LogP contribution in [0, 0.1) is 11.6 Å². The van der Waals surface area contributed by atoms with E-state index in [-0.39, 0.29) is 43.2 Å².